The molecular weight excluding hydrogens is 304 g/mol. The molecule has 0 radical (unpaired) electrons. The average molecular weight is 323 g/mol. The zero-order chi connectivity index (χ0) is 16.6. The highest BCUT2D eigenvalue weighted by Gasteiger charge is 2.44. The zero-order valence-corrected chi connectivity index (χ0v) is 12.9. The van der Waals surface area contributed by atoms with E-state index in [-0.39, 0.29) is 17.7 Å². The van der Waals surface area contributed by atoms with E-state index in [1.807, 2.05) is 0 Å². The van der Waals surface area contributed by atoms with Gasteiger partial charge >= 0.3 is 0 Å². The summed E-state index contributed by atoms with van der Waals surface area (Å²) in [5, 5.41) is 0. The Labute approximate surface area is 132 Å². The van der Waals surface area contributed by atoms with E-state index in [1.165, 1.54) is 13.2 Å². The summed E-state index contributed by atoms with van der Waals surface area (Å²) in [6.07, 6.45) is 4.36. The second kappa shape index (κ2) is 5.68. The summed E-state index contributed by atoms with van der Waals surface area (Å²) in [6, 6.07) is 2.46. The Balaban J connectivity index is 2.16. The van der Waals surface area contributed by atoms with Gasteiger partial charge in [-0.1, -0.05) is 6.42 Å². The number of halogens is 2. The number of nitrogens with zero attached hydrogens (tertiary/aromatic N) is 3. The first-order valence-electron chi connectivity index (χ1n) is 7.50. The number of hydrogen-bond donors (Lipinski definition) is 2. The lowest BCUT2D eigenvalue weighted by Gasteiger charge is -2.45. The first-order chi connectivity index (χ1) is 11.0. The molecule has 8 heteroatoms. The number of aliphatic imine (C=N–C) groups is 2. The van der Waals surface area contributed by atoms with Gasteiger partial charge in [0.15, 0.2) is 11.6 Å². The summed E-state index contributed by atoms with van der Waals surface area (Å²) in [7, 11) is 1.28. The van der Waals surface area contributed by atoms with Crippen LogP contribution in [0.3, 0.4) is 0 Å². The van der Waals surface area contributed by atoms with Gasteiger partial charge < -0.3 is 16.2 Å². The number of benzene rings is 1. The lowest BCUT2D eigenvalue weighted by Crippen LogP contribution is -2.58. The molecule has 3 rings (SSSR count). The van der Waals surface area contributed by atoms with E-state index >= 15 is 0 Å². The Morgan fingerprint density at radius 3 is 2.52 bits per heavy atom. The Kier molecular flexibility index (Phi) is 3.83. The third-order valence-electron chi connectivity index (χ3n) is 4.33. The highest BCUT2D eigenvalue weighted by molar-refractivity contribution is 6.06. The second-order valence-corrected chi connectivity index (χ2v) is 5.73. The molecule has 2 aliphatic rings. The van der Waals surface area contributed by atoms with Crippen molar-refractivity contribution in [1.82, 2.24) is 0 Å². The summed E-state index contributed by atoms with van der Waals surface area (Å²) in [4.78, 5) is 10.1. The van der Waals surface area contributed by atoms with Gasteiger partial charge in [0.05, 0.1) is 12.8 Å². The number of rotatable bonds is 2. The summed E-state index contributed by atoms with van der Waals surface area (Å²) in [5.74, 6) is -2.07. The highest BCUT2D eigenvalue weighted by Crippen LogP contribution is 2.43. The van der Waals surface area contributed by atoms with Gasteiger partial charge in [-0.25, -0.2) is 9.38 Å². The molecule has 1 aliphatic heterocycles. The largest absolute Gasteiger partial charge is 0.491 e. The Hall–Kier alpha value is -2.38. The van der Waals surface area contributed by atoms with Crippen molar-refractivity contribution in [1.29, 1.82) is 0 Å². The average Bonchev–Trinajstić information content (AvgIpc) is 2.51. The molecule has 1 fully saturated rings. The van der Waals surface area contributed by atoms with E-state index in [2.05, 4.69) is 9.98 Å². The van der Waals surface area contributed by atoms with Gasteiger partial charge in [-0.3, -0.25) is 4.90 Å². The summed E-state index contributed by atoms with van der Waals surface area (Å²) in [5.41, 5.74) is 11.4. The lowest BCUT2D eigenvalue weighted by atomic mass is 9.87. The van der Waals surface area contributed by atoms with Crippen molar-refractivity contribution in [3.05, 3.63) is 23.8 Å². The summed E-state index contributed by atoms with van der Waals surface area (Å²) < 4.78 is 32.7. The maximum absolute atomic E-state index is 14.1. The van der Waals surface area contributed by atoms with Crippen molar-refractivity contribution in [2.45, 2.75) is 37.8 Å². The molecule has 0 saturated heterocycles. The normalized spacial score (nSPS) is 20.2. The first-order valence-corrected chi connectivity index (χ1v) is 7.50. The van der Waals surface area contributed by atoms with Crippen LogP contribution in [0.15, 0.2) is 22.1 Å². The third-order valence-corrected chi connectivity index (χ3v) is 4.33. The summed E-state index contributed by atoms with van der Waals surface area (Å²) in [6.45, 7) is 0. The van der Waals surface area contributed by atoms with E-state index in [1.54, 1.807) is 4.90 Å². The molecule has 1 aliphatic carbocycles. The van der Waals surface area contributed by atoms with Gasteiger partial charge in [0.2, 0.25) is 17.7 Å². The molecule has 6 nitrogen and oxygen atoms in total. The van der Waals surface area contributed by atoms with E-state index in [0.29, 0.717) is 18.5 Å². The molecule has 0 amide bonds. The lowest BCUT2D eigenvalue weighted by molar-refractivity contribution is 0.301. The first kappa shape index (κ1) is 15.5. The standard InChI is InChI=1S/C15H19F2N5O/c1-23-12-10(6-5-9(16)11(12)17)22-14(19)20-13(18)21-15(22)7-3-2-4-8-15/h5-6H,2-4,7-8H2,1H3,(H4,18,19,20,21). The summed E-state index contributed by atoms with van der Waals surface area (Å²) >= 11 is 0. The van der Waals surface area contributed by atoms with Gasteiger partial charge in [0.1, 0.15) is 5.66 Å². The van der Waals surface area contributed by atoms with Crippen LogP contribution >= 0.6 is 0 Å². The number of methoxy groups -OCH3 is 1. The maximum atomic E-state index is 14.1. The molecule has 1 spiro atoms. The molecule has 0 unspecified atom stereocenters. The monoisotopic (exact) mass is 323 g/mol. The van der Waals surface area contributed by atoms with Gasteiger partial charge in [0.25, 0.3) is 0 Å². The maximum Gasteiger partial charge on any atom is 0.220 e. The van der Waals surface area contributed by atoms with Crippen molar-refractivity contribution in [3.8, 4) is 5.75 Å². The smallest absolute Gasteiger partial charge is 0.220 e. The molecule has 0 atom stereocenters. The van der Waals surface area contributed by atoms with Crippen LogP contribution in [0.5, 0.6) is 5.75 Å². The number of ether oxygens (including phenoxy) is 1. The number of hydrogen-bond acceptors (Lipinski definition) is 6. The van der Waals surface area contributed by atoms with Crippen molar-refractivity contribution in [2.75, 3.05) is 12.0 Å². The minimum Gasteiger partial charge on any atom is -0.491 e. The number of nitrogens with two attached hydrogens (primary N) is 2. The number of anilines is 1. The molecule has 4 N–H and O–H groups in total. The van der Waals surface area contributed by atoms with Crippen molar-refractivity contribution in [2.24, 2.45) is 21.5 Å². The third kappa shape index (κ3) is 2.47. The van der Waals surface area contributed by atoms with Crippen molar-refractivity contribution in [3.63, 3.8) is 0 Å². The molecule has 1 heterocycles. The highest BCUT2D eigenvalue weighted by atomic mass is 19.2. The van der Waals surface area contributed by atoms with Gasteiger partial charge in [-0.15, -0.1) is 0 Å². The van der Waals surface area contributed by atoms with Crippen LogP contribution in [0.1, 0.15) is 32.1 Å². The van der Waals surface area contributed by atoms with Gasteiger partial charge in [-0.05, 0) is 37.8 Å². The molecule has 23 heavy (non-hydrogen) atoms. The SMILES string of the molecule is COc1c(N2C(N)=NC(N)=NC23CCCCC3)ccc(F)c1F. The van der Waals surface area contributed by atoms with Crippen LogP contribution in [0.4, 0.5) is 14.5 Å². The fourth-order valence-electron chi connectivity index (χ4n) is 3.36. The Morgan fingerprint density at radius 1 is 1.17 bits per heavy atom. The quantitative estimate of drug-likeness (QED) is 0.872. The fraction of sp³-hybridized carbons (Fsp3) is 0.467. The van der Waals surface area contributed by atoms with Crippen LogP contribution in [-0.4, -0.2) is 24.7 Å². The van der Waals surface area contributed by atoms with E-state index in [0.717, 1.165) is 25.3 Å². The Morgan fingerprint density at radius 2 is 1.87 bits per heavy atom. The molecule has 0 aromatic heterocycles. The molecular formula is C15H19F2N5O. The van der Waals surface area contributed by atoms with E-state index < -0.39 is 17.3 Å². The topological polar surface area (TPSA) is 89.2 Å². The molecule has 1 aromatic carbocycles. The second-order valence-electron chi connectivity index (χ2n) is 5.73. The Bertz CT molecular complexity index is 683. The van der Waals surface area contributed by atoms with E-state index in [4.69, 9.17) is 16.2 Å². The van der Waals surface area contributed by atoms with Gasteiger partial charge in [0, 0.05) is 0 Å². The number of guanidine groups is 2. The van der Waals surface area contributed by atoms with Crippen LogP contribution in [0.2, 0.25) is 0 Å². The molecule has 1 saturated carbocycles. The van der Waals surface area contributed by atoms with Crippen LogP contribution < -0.4 is 21.1 Å². The minimum atomic E-state index is -1.06. The molecule has 124 valence electrons. The van der Waals surface area contributed by atoms with Crippen molar-refractivity contribution >= 4 is 17.6 Å². The zero-order valence-electron chi connectivity index (χ0n) is 12.9. The predicted molar refractivity (Wildman–Crippen MR) is 84.4 cm³/mol. The van der Waals surface area contributed by atoms with Gasteiger partial charge in [-0.2, -0.15) is 9.38 Å². The van der Waals surface area contributed by atoms with E-state index in [9.17, 15) is 8.78 Å². The predicted octanol–water partition coefficient (Wildman–Crippen LogP) is 2.08. The van der Waals surface area contributed by atoms with Crippen LogP contribution in [-0.2, 0) is 0 Å². The molecule has 0 bridgehead atoms. The van der Waals surface area contributed by atoms with Crippen LogP contribution in [0, 0.1) is 11.6 Å². The fourth-order valence-corrected chi connectivity index (χ4v) is 3.36. The molecule has 1 aromatic rings. The minimum absolute atomic E-state index is 0.0993. The van der Waals surface area contributed by atoms with Crippen LogP contribution in [0.25, 0.3) is 0 Å². The van der Waals surface area contributed by atoms with Crippen molar-refractivity contribution < 1.29 is 13.5 Å².